The summed E-state index contributed by atoms with van der Waals surface area (Å²) < 4.78 is -0.923. The number of hydrogen-bond acceptors (Lipinski definition) is 2. The number of aliphatic hydroxyl groups excluding tert-OH is 1. The Bertz CT molecular complexity index is 619. The summed E-state index contributed by atoms with van der Waals surface area (Å²) in [5, 5.41) is 19.4. The second kappa shape index (κ2) is 9.15. The third-order valence-electron chi connectivity index (χ3n) is 5.69. The predicted octanol–water partition coefficient (Wildman–Crippen LogP) is 6.05. The molecule has 0 radical (unpaired) electrons. The van der Waals surface area contributed by atoms with Crippen LogP contribution in [-0.4, -0.2) is 26.6 Å². The SMILES string of the molecule is CC(C)(C)c1ccc([C@H]2[C@H](O)CC(Cl)(Cl)[C@@H]2CCCCCCC(=O)O)cc1. The van der Waals surface area contributed by atoms with Gasteiger partial charge >= 0.3 is 5.97 Å². The normalized spacial score (nSPS) is 24.9. The molecular formula is C22H32Cl2O3. The third kappa shape index (κ3) is 6.10. The smallest absolute Gasteiger partial charge is 0.303 e. The first-order valence-corrected chi connectivity index (χ1v) is 10.7. The van der Waals surface area contributed by atoms with Crippen LogP contribution in [0.5, 0.6) is 0 Å². The first kappa shape index (κ1) is 22.5. The number of halogens is 2. The molecule has 1 aromatic carbocycles. The van der Waals surface area contributed by atoms with Gasteiger partial charge in [0.2, 0.25) is 0 Å². The molecule has 0 aliphatic heterocycles. The Kier molecular flexibility index (Phi) is 7.63. The lowest BCUT2D eigenvalue weighted by molar-refractivity contribution is -0.137. The summed E-state index contributed by atoms with van der Waals surface area (Å²) in [5.41, 5.74) is 2.44. The molecule has 0 amide bonds. The average Bonchev–Trinajstić information content (AvgIpc) is 2.78. The molecule has 0 heterocycles. The Morgan fingerprint density at radius 2 is 1.70 bits per heavy atom. The number of alkyl halides is 2. The van der Waals surface area contributed by atoms with Crippen LogP contribution in [0.4, 0.5) is 0 Å². The van der Waals surface area contributed by atoms with E-state index < -0.39 is 16.4 Å². The van der Waals surface area contributed by atoms with Crippen molar-refractivity contribution in [2.75, 3.05) is 0 Å². The first-order chi connectivity index (χ1) is 12.5. The summed E-state index contributed by atoms with van der Waals surface area (Å²) in [5.74, 6) is -0.808. The number of benzene rings is 1. The standard InChI is InChI=1S/C22H32Cl2O3/c1-21(2,3)16-12-10-15(11-13-16)20-17(22(23,24)14-18(20)25)8-6-4-5-7-9-19(26)27/h10-13,17-18,20,25H,4-9,14H2,1-3H3,(H,26,27)/t17-,18-,20-/m1/s1. The summed E-state index contributed by atoms with van der Waals surface area (Å²) in [6, 6.07) is 8.47. The Morgan fingerprint density at radius 1 is 1.11 bits per heavy atom. The highest BCUT2D eigenvalue weighted by Gasteiger charge is 2.51. The molecule has 5 heteroatoms. The summed E-state index contributed by atoms with van der Waals surface area (Å²) in [6.07, 6.45) is 4.39. The molecule has 1 aromatic rings. The topological polar surface area (TPSA) is 57.5 Å². The maximum Gasteiger partial charge on any atom is 0.303 e. The number of carboxylic acids is 1. The van der Waals surface area contributed by atoms with Crippen LogP contribution in [0.3, 0.4) is 0 Å². The van der Waals surface area contributed by atoms with Gasteiger partial charge in [-0.1, -0.05) is 64.3 Å². The molecule has 0 bridgehead atoms. The van der Waals surface area contributed by atoms with Crippen LogP contribution in [0, 0.1) is 5.92 Å². The Balaban J connectivity index is 2.03. The van der Waals surface area contributed by atoms with E-state index in [4.69, 9.17) is 28.3 Å². The van der Waals surface area contributed by atoms with Crippen molar-refractivity contribution in [2.24, 2.45) is 5.92 Å². The van der Waals surface area contributed by atoms with Crippen molar-refractivity contribution in [3.8, 4) is 0 Å². The number of unbranched alkanes of at least 4 members (excludes halogenated alkanes) is 3. The van der Waals surface area contributed by atoms with Crippen molar-refractivity contribution >= 4 is 29.2 Å². The van der Waals surface area contributed by atoms with Crippen molar-refractivity contribution < 1.29 is 15.0 Å². The minimum Gasteiger partial charge on any atom is -0.481 e. The number of carbonyl (C=O) groups is 1. The van der Waals surface area contributed by atoms with Gasteiger partial charge in [-0.05, 0) is 29.4 Å². The average molecular weight is 415 g/mol. The van der Waals surface area contributed by atoms with Gasteiger partial charge in [-0.3, -0.25) is 4.79 Å². The van der Waals surface area contributed by atoms with Gasteiger partial charge in [-0.25, -0.2) is 0 Å². The maximum atomic E-state index is 10.6. The van der Waals surface area contributed by atoms with Gasteiger partial charge in [0.05, 0.1) is 6.10 Å². The fourth-order valence-corrected chi connectivity index (χ4v) is 4.94. The van der Waals surface area contributed by atoms with E-state index in [0.29, 0.717) is 12.8 Å². The van der Waals surface area contributed by atoms with Gasteiger partial charge < -0.3 is 10.2 Å². The first-order valence-electron chi connectivity index (χ1n) is 9.90. The molecule has 0 aromatic heterocycles. The van der Waals surface area contributed by atoms with E-state index in [9.17, 15) is 9.90 Å². The zero-order valence-corrected chi connectivity index (χ0v) is 18.1. The molecule has 3 nitrogen and oxygen atoms in total. The van der Waals surface area contributed by atoms with Gasteiger partial charge in [0.15, 0.2) is 0 Å². The highest BCUT2D eigenvalue weighted by molar-refractivity contribution is 6.48. The summed E-state index contributed by atoms with van der Waals surface area (Å²) in [7, 11) is 0. The fraction of sp³-hybridized carbons (Fsp3) is 0.682. The highest BCUT2D eigenvalue weighted by Crippen LogP contribution is 2.54. The van der Waals surface area contributed by atoms with Crippen molar-refractivity contribution in [3.05, 3.63) is 35.4 Å². The van der Waals surface area contributed by atoms with E-state index in [1.807, 2.05) is 0 Å². The maximum absolute atomic E-state index is 10.6. The molecule has 2 rings (SSSR count). The number of aliphatic hydroxyl groups is 1. The van der Waals surface area contributed by atoms with Crippen molar-refractivity contribution in [1.29, 1.82) is 0 Å². The lowest BCUT2D eigenvalue weighted by Crippen LogP contribution is -2.23. The van der Waals surface area contributed by atoms with Gasteiger partial charge in [0, 0.05) is 24.7 Å². The number of hydrogen-bond donors (Lipinski definition) is 2. The number of rotatable bonds is 8. The second-order valence-corrected chi connectivity index (χ2v) is 10.4. The van der Waals surface area contributed by atoms with E-state index in [1.165, 1.54) is 5.56 Å². The van der Waals surface area contributed by atoms with E-state index in [2.05, 4.69) is 45.0 Å². The quantitative estimate of drug-likeness (QED) is 0.402. The minimum atomic E-state index is -0.923. The zero-order valence-electron chi connectivity index (χ0n) is 16.5. The molecule has 1 aliphatic carbocycles. The zero-order chi connectivity index (χ0) is 20.2. The largest absolute Gasteiger partial charge is 0.481 e. The van der Waals surface area contributed by atoms with E-state index in [0.717, 1.165) is 31.2 Å². The molecule has 1 fully saturated rings. The molecule has 0 spiro atoms. The van der Waals surface area contributed by atoms with Crippen LogP contribution in [-0.2, 0) is 10.2 Å². The summed E-state index contributed by atoms with van der Waals surface area (Å²) >= 11 is 13.2. The molecule has 2 N–H and O–H groups in total. The monoisotopic (exact) mass is 414 g/mol. The molecular weight excluding hydrogens is 383 g/mol. The van der Waals surface area contributed by atoms with E-state index >= 15 is 0 Å². The Labute approximate surface area is 173 Å². The number of aliphatic carboxylic acids is 1. The van der Waals surface area contributed by atoms with Gasteiger partial charge in [-0.15, -0.1) is 23.2 Å². The van der Waals surface area contributed by atoms with E-state index in [1.54, 1.807) is 0 Å². The van der Waals surface area contributed by atoms with Crippen LogP contribution in [0.2, 0.25) is 0 Å². The lowest BCUT2D eigenvalue weighted by Gasteiger charge is -2.28. The van der Waals surface area contributed by atoms with Crippen LogP contribution >= 0.6 is 23.2 Å². The fourth-order valence-electron chi connectivity index (χ4n) is 4.13. The molecule has 27 heavy (non-hydrogen) atoms. The van der Waals surface area contributed by atoms with Crippen molar-refractivity contribution in [2.45, 2.75) is 87.5 Å². The molecule has 1 saturated carbocycles. The number of carboxylic acid groups (broad SMARTS) is 1. The third-order valence-corrected chi connectivity index (χ3v) is 6.56. The van der Waals surface area contributed by atoms with Crippen molar-refractivity contribution in [3.63, 3.8) is 0 Å². The van der Waals surface area contributed by atoms with E-state index in [-0.39, 0.29) is 23.7 Å². The van der Waals surface area contributed by atoms with Gasteiger partial charge in [-0.2, -0.15) is 0 Å². The summed E-state index contributed by atoms with van der Waals surface area (Å²) in [4.78, 5) is 10.6. The van der Waals surface area contributed by atoms with Crippen molar-refractivity contribution in [1.82, 2.24) is 0 Å². The second-order valence-electron chi connectivity index (χ2n) is 8.88. The van der Waals surface area contributed by atoms with Crippen LogP contribution in [0.15, 0.2) is 24.3 Å². The predicted molar refractivity (Wildman–Crippen MR) is 112 cm³/mol. The molecule has 152 valence electrons. The minimum absolute atomic E-state index is 0.00389. The molecule has 0 saturated heterocycles. The lowest BCUT2D eigenvalue weighted by atomic mass is 9.81. The van der Waals surface area contributed by atoms with Gasteiger partial charge in [0.1, 0.15) is 4.33 Å². The molecule has 3 atom stereocenters. The highest BCUT2D eigenvalue weighted by atomic mass is 35.5. The van der Waals surface area contributed by atoms with Crippen LogP contribution < -0.4 is 0 Å². The Morgan fingerprint density at radius 3 is 2.26 bits per heavy atom. The Hall–Kier alpha value is -0.770. The van der Waals surface area contributed by atoms with Crippen LogP contribution in [0.25, 0.3) is 0 Å². The van der Waals surface area contributed by atoms with Crippen LogP contribution in [0.1, 0.15) is 82.8 Å². The van der Waals surface area contributed by atoms with Gasteiger partial charge in [0.25, 0.3) is 0 Å². The molecule has 0 unspecified atom stereocenters. The summed E-state index contributed by atoms with van der Waals surface area (Å²) in [6.45, 7) is 6.55. The molecule has 1 aliphatic rings.